The smallest absolute Gasteiger partial charge is 0.350 e. The highest BCUT2D eigenvalue weighted by atomic mass is 16.5. The number of urea groups is 1. The largest absolute Gasteiger partial charge is 0.497 e. The quantitative estimate of drug-likeness (QED) is 0.503. The van der Waals surface area contributed by atoms with Gasteiger partial charge in [-0.25, -0.2) is 9.59 Å². The van der Waals surface area contributed by atoms with Gasteiger partial charge in [-0.1, -0.05) is 36.4 Å². The predicted molar refractivity (Wildman–Crippen MR) is 122 cm³/mol. The van der Waals surface area contributed by atoms with E-state index in [0.717, 1.165) is 5.56 Å². The minimum atomic E-state index is -0.581. The number of benzene rings is 3. The van der Waals surface area contributed by atoms with Crippen molar-refractivity contribution in [2.45, 2.75) is 6.54 Å². The van der Waals surface area contributed by atoms with Crippen LogP contribution in [-0.2, 0) is 6.54 Å². The van der Waals surface area contributed by atoms with Gasteiger partial charge in [-0.2, -0.15) is 10.2 Å². The van der Waals surface area contributed by atoms with Gasteiger partial charge in [-0.05, 0) is 42.0 Å². The summed E-state index contributed by atoms with van der Waals surface area (Å²) in [6.07, 6.45) is 0. The third kappa shape index (κ3) is 4.27. The Bertz CT molecular complexity index is 1400. The summed E-state index contributed by atoms with van der Waals surface area (Å²) in [5, 5.41) is 15.3. The molecule has 0 aliphatic carbocycles. The Balaban J connectivity index is 1.74. The van der Waals surface area contributed by atoms with Crippen molar-refractivity contribution in [3.8, 4) is 11.8 Å². The topological polar surface area (TPSA) is 109 Å². The molecule has 0 bridgehead atoms. The standard InChI is InChI=1S/C24H19N5O3/c1-32-18-9-6-7-16(13-18)15-29-22(19-10-3-5-12-21(19)27-24(29)31)28-23(30)26-20-11-4-2-8-17(20)14-25/h2-13H,15H2,1H3,(H2,26,28,30). The van der Waals surface area contributed by atoms with Crippen molar-refractivity contribution in [3.05, 3.63) is 94.4 Å². The molecule has 0 aliphatic heterocycles. The number of fused-ring (bicyclic) bond motifs is 1. The van der Waals surface area contributed by atoms with Crippen molar-refractivity contribution in [1.29, 1.82) is 5.26 Å². The summed E-state index contributed by atoms with van der Waals surface area (Å²) in [5.74, 6) is 0.958. The molecule has 0 aliphatic rings. The average Bonchev–Trinajstić information content (AvgIpc) is 2.81. The molecule has 2 N–H and O–H groups in total. The number of hydrogen-bond acceptors (Lipinski definition) is 5. The summed E-state index contributed by atoms with van der Waals surface area (Å²) in [4.78, 5) is 29.8. The number of ether oxygens (including phenoxy) is 1. The number of anilines is 2. The monoisotopic (exact) mass is 425 g/mol. The first-order valence-electron chi connectivity index (χ1n) is 9.78. The zero-order valence-electron chi connectivity index (χ0n) is 17.2. The maximum absolute atomic E-state index is 12.9. The molecule has 8 nitrogen and oxygen atoms in total. The summed E-state index contributed by atoms with van der Waals surface area (Å²) in [6, 6.07) is 22.5. The molecule has 2 amide bonds. The molecule has 1 heterocycles. The fourth-order valence-corrected chi connectivity index (χ4v) is 3.36. The van der Waals surface area contributed by atoms with Gasteiger partial charge >= 0.3 is 11.7 Å². The van der Waals surface area contributed by atoms with Crippen molar-refractivity contribution in [2.24, 2.45) is 0 Å². The van der Waals surface area contributed by atoms with Gasteiger partial charge in [-0.3, -0.25) is 9.88 Å². The van der Waals surface area contributed by atoms with Crippen molar-refractivity contribution in [3.63, 3.8) is 0 Å². The van der Waals surface area contributed by atoms with E-state index in [9.17, 15) is 14.9 Å². The van der Waals surface area contributed by atoms with Crippen molar-refractivity contribution >= 4 is 28.4 Å². The van der Waals surface area contributed by atoms with E-state index in [1.165, 1.54) is 4.57 Å². The van der Waals surface area contributed by atoms with E-state index in [4.69, 9.17) is 4.74 Å². The van der Waals surface area contributed by atoms with Gasteiger partial charge in [0.2, 0.25) is 0 Å². The second-order valence-electron chi connectivity index (χ2n) is 6.93. The van der Waals surface area contributed by atoms with Crippen LogP contribution < -0.4 is 21.1 Å². The van der Waals surface area contributed by atoms with E-state index in [2.05, 4.69) is 15.6 Å². The lowest BCUT2D eigenvalue weighted by Crippen LogP contribution is -2.30. The van der Waals surface area contributed by atoms with Crippen LogP contribution in [0.25, 0.3) is 10.9 Å². The molecule has 4 aromatic rings. The van der Waals surface area contributed by atoms with Gasteiger partial charge in [0.05, 0.1) is 30.4 Å². The number of rotatable bonds is 5. The molecule has 158 valence electrons. The number of nitrogens with zero attached hydrogens (tertiary/aromatic N) is 3. The second-order valence-corrected chi connectivity index (χ2v) is 6.93. The zero-order chi connectivity index (χ0) is 22.5. The maximum atomic E-state index is 12.9. The number of hydrogen-bond donors (Lipinski definition) is 2. The van der Waals surface area contributed by atoms with Crippen LogP contribution in [0.15, 0.2) is 77.6 Å². The highest BCUT2D eigenvalue weighted by Gasteiger charge is 2.15. The number of methoxy groups -OCH3 is 1. The van der Waals surface area contributed by atoms with Gasteiger partial charge in [0.15, 0.2) is 0 Å². The van der Waals surface area contributed by atoms with E-state index in [1.807, 2.05) is 30.3 Å². The van der Waals surface area contributed by atoms with Gasteiger partial charge in [0.25, 0.3) is 0 Å². The molecular weight excluding hydrogens is 406 g/mol. The van der Waals surface area contributed by atoms with E-state index in [0.29, 0.717) is 33.7 Å². The molecule has 0 saturated carbocycles. The normalized spacial score (nSPS) is 10.4. The number of carbonyl (C=O) groups is 1. The zero-order valence-corrected chi connectivity index (χ0v) is 17.2. The fraction of sp³-hybridized carbons (Fsp3) is 0.0833. The van der Waals surface area contributed by atoms with Crippen molar-refractivity contribution in [2.75, 3.05) is 17.7 Å². The van der Waals surface area contributed by atoms with Gasteiger partial charge in [-0.15, -0.1) is 0 Å². The first-order chi connectivity index (χ1) is 15.6. The van der Waals surface area contributed by atoms with Gasteiger partial charge in [0.1, 0.15) is 17.6 Å². The summed E-state index contributed by atoms with van der Waals surface area (Å²) >= 11 is 0. The molecule has 4 rings (SSSR count). The minimum absolute atomic E-state index is 0.179. The van der Waals surface area contributed by atoms with Crippen LogP contribution >= 0.6 is 0 Å². The summed E-state index contributed by atoms with van der Waals surface area (Å²) in [5.41, 5.74) is 1.47. The molecule has 0 radical (unpaired) electrons. The van der Waals surface area contributed by atoms with Crippen LogP contribution in [0.4, 0.5) is 16.3 Å². The molecule has 1 aromatic heterocycles. The maximum Gasteiger partial charge on any atom is 0.350 e. The van der Waals surface area contributed by atoms with E-state index in [1.54, 1.807) is 55.6 Å². The minimum Gasteiger partial charge on any atom is -0.497 e. The number of carbonyl (C=O) groups excluding carboxylic acids is 1. The Morgan fingerprint density at radius 3 is 2.66 bits per heavy atom. The first-order valence-corrected chi connectivity index (χ1v) is 9.78. The average molecular weight is 425 g/mol. The fourth-order valence-electron chi connectivity index (χ4n) is 3.36. The lowest BCUT2D eigenvalue weighted by Gasteiger charge is -2.17. The molecule has 3 aromatic carbocycles. The first kappa shape index (κ1) is 20.6. The Hall–Kier alpha value is -4.64. The number of nitriles is 1. The Labute approximate surface area is 183 Å². The Morgan fingerprint density at radius 2 is 1.84 bits per heavy atom. The van der Waals surface area contributed by atoms with Crippen LogP contribution in [0.1, 0.15) is 11.1 Å². The van der Waals surface area contributed by atoms with E-state index < -0.39 is 11.7 Å². The van der Waals surface area contributed by atoms with Crippen molar-refractivity contribution in [1.82, 2.24) is 9.55 Å². The lowest BCUT2D eigenvalue weighted by atomic mass is 10.2. The second kappa shape index (κ2) is 9.02. The van der Waals surface area contributed by atoms with Gasteiger partial charge in [0, 0.05) is 5.39 Å². The van der Waals surface area contributed by atoms with Crippen molar-refractivity contribution < 1.29 is 9.53 Å². The summed E-state index contributed by atoms with van der Waals surface area (Å²) in [7, 11) is 1.57. The molecule has 0 unspecified atom stereocenters. The number of amides is 2. The van der Waals surface area contributed by atoms with Crippen LogP contribution in [0.3, 0.4) is 0 Å². The molecule has 32 heavy (non-hydrogen) atoms. The highest BCUT2D eigenvalue weighted by Crippen LogP contribution is 2.23. The predicted octanol–water partition coefficient (Wildman–Crippen LogP) is 3.97. The summed E-state index contributed by atoms with van der Waals surface area (Å²) < 4.78 is 6.66. The number of para-hydroxylation sites is 2. The van der Waals surface area contributed by atoms with Crippen LogP contribution in [0, 0.1) is 11.3 Å². The number of nitrogens with one attached hydrogen (secondary N) is 2. The van der Waals surface area contributed by atoms with E-state index >= 15 is 0 Å². The Morgan fingerprint density at radius 1 is 1.06 bits per heavy atom. The third-order valence-corrected chi connectivity index (χ3v) is 4.88. The summed E-state index contributed by atoms with van der Waals surface area (Å²) in [6.45, 7) is 0.179. The van der Waals surface area contributed by atoms with Crippen LogP contribution in [-0.4, -0.2) is 22.7 Å². The molecule has 0 spiro atoms. The molecule has 8 heteroatoms. The lowest BCUT2D eigenvalue weighted by molar-refractivity contribution is 0.262. The molecule has 0 atom stereocenters. The van der Waals surface area contributed by atoms with E-state index in [-0.39, 0.29) is 6.54 Å². The highest BCUT2D eigenvalue weighted by molar-refractivity contribution is 6.04. The molecule has 0 saturated heterocycles. The van der Waals surface area contributed by atoms with Crippen LogP contribution in [0.5, 0.6) is 5.75 Å². The SMILES string of the molecule is COc1cccc(Cn2c(NC(=O)Nc3ccccc3C#N)c3ccccc3nc2=O)c1. The van der Waals surface area contributed by atoms with Gasteiger partial charge < -0.3 is 10.1 Å². The molecule has 0 fully saturated rings. The Kier molecular flexibility index (Phi) is 5.81. The molecular formula is C24H19N5O3. The third-order valence-electron chi connectivity index (χ3n) is 4.88. The van der Waals surface area contributed by atoms with Crippen LogP contribution in [0.2, 0.25) is 0 Å². The number of aromatic nitrogens is 2.